The summed E-state index contributed by atoms with van der Waals surface area (Å²) in [6, 6.07) is 3.74. The Morgan fingerprint density at radius 3 is 2.72 bits per heavy atom. The molecule has 1 heterocycles. The van der Waals surface area contributed by atoms with Crippen LogP contribution in [-0.4, -0.2) is 39.6 Å². The van der Waals surface area contributed by atoms with E-state index in [2.05, 4.69) is 0 Å². The predicted octanol–water partition coefficient (Wildman–Crippen LogP) is 1.39. The Balaban J connectivity index is 2.28. The maximum atomic E-state index is 12.3. The Morgan fingerprint density at radius 1 is 1.39 bits per heavy atom. The first kappa shape index (κ1) is 12.4. The van der Waals surface area contributed by atoms with Gasteiger partial charge < -0.3 is 15.1 Å². The van der Waals surface area contributed by atoms with Gasteiger partial charge in [-0.3, -0.25) is 4.79 Å². The highest BCUT2D eigenvalue weighted by Gasteiger charge is 2.34. The lowest BCUT2D eigenvalue weighted by Crippen LogP contribution is -2.40. The highest BCUT2D eigenvalue weighted by atomic mass is 16.4. The zero-order valence-electron chi connectivity index (χ0n) is 10.1. The van der Waals surface area contributed by atoms with Gasteiger partial charge in [-0.25, -0.2) is 4.79 Å². The average Bonchev–Trinajstić information content (AvgIpc) is 2.77. The molecule has 5 heteroatoms. The van der Waals surface area contributed by atoms with Crippen LogP contribution in [0.5, 0.6) is 5.75 Å². The van der Waals surface area contributed by atoms with E-state index >= 15 is 0 Å². The minimum absolute atomic E-state index is 0.0975. The molecule has 2 N–H and O–H groups in total. The summed E-state index contributed by atoms with van der Waals surface area (Å²) in [6.07, 6.45) is 1.21. The Kier molecular flexibility index (Phi) is 3.23. The number of nitrogens with zero attached hydrogens (tertiary/aromatic N) is 1. The minimum atomic E-state index is -0.961. The summed E-state index contributed by atoms with van der Waals surface area (Å²) in [5.74, 6) is -1.14. The highest BCUT2D eigenvalue weighted by molar-refractivity contribution is 5.98. The first-order valence-electron chi connectivity index (χ1n) is 5.84. The van der Waals surface area contributed by atoms with E-state index in [4.69, 9.17) is 5.11 Å². The number of carbonyl (C=O) groups is 2. The van der Waals surface area contributed by atoms with Gasteiger partial charge in [-0.2, -0.15) is 0 Å². The summed E-state index contributed by atoms with van der Waals surface area (Å²) in [5.41, 5.74) is 1.09. The molecular weight excluding hydrogens is 234 g/mol. The quantitative estimate of drug-likeness (QED) is 0.830. The third-order valence-electron chi connectivity index (χ3n) is 3.24. The molecule has 2 rings (SSSR count). The predicted molar refractivity (Wildman–Crippen MR) is 64.5 cm³/mol. The molecule has 1 fully saturated rings. The maximum Gasteiger partial charge on any atom is 0.326 e. The monoisotopic (exact) mass is 249 g/mol. The largest absolute Gasteiger partial charge is 0.508 e. The van der Waals surface area contributed by atoms with Crippen LogP contribution < -0.4 is 0 Å². The van der Waals surface area contributed by atoms with Gasteiger partial charge in [-0.05, 0) is 43.5 Å². The van der Waals surface area contributed by atoms with Gasteiger partial charge in [0.05, 0.1) is 0 Å². The van der Waals surface area contributed by atoms with Crippen LogP contribution in [0.4, 0.5) is 0 Å². The Labute approximate surface area is 105 Å². The molecule has 5 nitrogen and oxygen atoms in total. The zero-order valence-corrected chi connectivity index (χ0v) is 10.1. The van der Waals surface area contributed by atoms with E-state index in [9.17, 15) is 14.7 Å². The fraction of sp³-hybridized carbons (Fsp3) is 0.385. The zero-order chi connectivity index (χ0) is 13.3. The molecule has 1 saturated heterocycles. The van der Waals surface area contributed by atoms with Gasteiger partial charge in [0.1, 0.15) is 11.8 Å². The third-order valence-corrected chi connectivity index (χ3v) is 3.24. The summed E-state index contributed by atoms with van der Waals surface area (Å²) >= 11 is 0. The summed E-state index contributed by atoms with van der Waals surface area (Å²) in [4.78, 5) is 24.7. The summed E-state index contributed by atoms with van der Waals surface area (Å²) < 4.78 is 0. The van der Waals surface area contributed by atoms with Crippen LogP contribution in [0.15, 0.2) is 18.2 Å². The van der Waals surface area contributed by atoms with Crippen LogP contribution in [0, 0.1) is 6.92 Å². The van der Waals surface area contributed by atoms with Gasteiger partial charge in [0, 0.05) is 12.1 Å². The van der Waals surface area contributed by atoms with Crippen LogP contribution in [0.3, 0.4) is 0 Å². The normalized spacial score (nSPS) is 18.9. The van der Waals surface area contributed by atoms with Crippen molar-refractivity contribution < 1.29 is 19.8 Å². The summed E-state index contributed by atoms with van der Waals surface area (Å²) in [5, 5.41) is 18.4. The minimum Gasteiger partial charge on any atom is -0.508 e. The number of aryl methyl sites for hydroxylation is 1. The van der Waals surface area contributed by atoms with Crippen LogP contribution in [0.1, 0.15) is 28.8 Å². The third kappa shape index (κ3) is 2.16. The lowest BCUT2D eigenvalue weighted by molar-refractivity contribution is -0.141. The second-order valence-electron chi connectivity index (χ2n) is 4.49. The average molecular weight is 249 g/mol. The van der Waals surface area contributed by atoms with E-state index in [0.29, 0.717) is 30.5 Å². The Morgan fingerprint density at radius 2 is 2.11 bits per heavy atom. The Bertz CT molecular complexity index is 498. The van der Waals surface area contributed by atoms with Crippen molar-refractivity contribution in [2.75, 3.05) is 6.54 Å². The number of carbonyl (C=O) groups excluding carboxylic acids is 1. The number of hydrogen-bond donors (Lipinski definition) is 2. The van der Waals surface area contributed by atoms with E-state index < -0.39 is 12.0 Å². The van der Waals surface area contributed by atoms with Crippen molar-refractivity contribution in [3.63, 3.8) is 0 Å². The van der Waals surface area contributed by atoms with Gasteiger partial charge in [0.15, 0.2) is 0 Å². The first-order chi connectivity index (χ1) is 8.50. The molecule has 0 bridgehead atoms. The second-order valence-corrected chi connectivity index (χ2v) is 4.49. The van der Waals surface area contributed by atoms with Crippen LogP contribution in [0.25, 0.3) is 0 Å². The van der Waals surface area contributed by atoms with Gasteiger partial charge in [0.25, 0.3) is 5.91 Å². The lowest BCUT2D eigenvalue weighted by atomic mass is 10.1. The fourth-order valence-corrected chi connectivity index (χ4v) is 2.31. The molecule has 0 radical (unpaired) electrons. The van der Waals surface area contributed by atoms with Crippen molar-refractivity contribution in [3.8, 4) is 5.75 Å². The standard InChI is InChI=1S/C13H15NO4/c1-8-7-9(15)4-5-10(8)12(16)14-6-2-3-11(14)13(17)18/h4-5,7,11,15H,2-3,6H2,1H3,(H,17,18). The number of phenols is 1. The lowest BCUT2D eigenvalue weighted by Gasteiger charge is -2.22. The summed E-state index contributed by atoms with van der Waals surface area (Å²) in [7, 11) is 0. The number of likely N-dealkylation sites (tertiary alicyclic amines) is 1. The molecule has 0 spiro atoms. The van der Waals surface area contributed by atoms with Crippen LogP contribution in [0.2, 0.25) is 0 Å². The molecule has 1 amide bonds. The molecule has 1 aliphatic rings. The molecule has 96 valence electrons. The van der Waals surface area contributed by atoms with Crippen molar-refractivity contribution >= 4 is 11.9 Å². The smallest absolute Gasteiger partial charge is 0.326 e. The molecular formula is C13H15NO4. The van der Waals surface area contributed by atoms with Crippen molar-refractivity contribution in [1.29, 1.82) is 0 Å². The molecule has 1 aromatic rings. The molecule has 1 atom stereocenters. The molecule has 0 saturated carbocycles. The SMILES string of the molecule is Cc1cc(O)ccc1C(=O)N1CCCC1C(=O)O. The number of carboxylic acids is 1. The Hall–Kier alpha value is -2.04. The second kappa shape index (κ2) is 4.68. The van der Waals surface area contributed by atoms with E-state index in [0.717, 1.165) is 0 Å². The van der Waals surface area contributed by atoms with E-state index in [1.807, 2.05) is 0 Å². The van der Waals surface area contributed by atoms with Crippen molar-refractivity contribution in [2.24, 2.45) is 0 Å². The van der Waals surface area contributed by atoms with Gasteiger partial charge in [-0.1, -0.05) is 0 Å². The maximum absolute atomic E-state index is 12.3. The number of benzene rings is 1. The summed E-state index contributed by atoms with van der Waals surface area (Å²) in [6.45, 7) is 2.19. The number of rotatable bonds is 2. The number of phenolic OH excluding ortho intramolecular Hbond substituents is 1. The molecule has 18 heavy (non-hydrogen) atoms. The molecule has 1 unspecified atom stereocenters. The van der Waals surface area contributed by atoms with Crippen molar-refractivity contribution in [1.82, 2.24) is 4.90 Å². The van der Waals surface area contributed by atoms with E-state index in [1.54, 1.807) is 6.92 Å². The van der Waals surface area contributed by atoms with Crippen molar-refractivity contribution in [3.05, 3.63) is 29.3 Å². The van der Waals surface area contributed by atoms with E-state index in [1.165, 1.54) is 23.1 Å². The van der Waals surface area contributed by atoms with Crippen molar-refractivity contribution in [2.45, 2.75) is 25.8 Å². The number of carboxylic acid groups (broad SMARTS) is 1. The first-order valence-corrected chi connectivity index (χ1v) is 5.84. The number of hydrogen-bond acceptors (Lipinski definition) is 3. The highest BCUT2D eigenvalue weighted by Crippen LogP contribution is 2.23. The molecule has 1 aromatic carbocycles. The van der Waals surface area contributed by atoms with Crippen LogP contribution in [-0.2, 0) is 4.79 Å². The van der Waals surface area contributed by atoms with Crippen LogP contribution >= 0.6 is 0 Å². The fourth-order valence-electron chi connectivity index (χ4n) is 2.31. The molecule has 0 aromatic heterocycles. The molecule has 1 aliphatic heterocycles. The van der Waals surface area contributed by atoms with E-state index in [-0.39, 0.29) is 11.7 Å². The van der Waals surface area contributed by atoms with Gasteiger partial charge >= 0.3 is 5.97 Å². The van der Waals surface area contributed by atoms with Gasteiger partial charge in [0.2, 0.25) is 0 Å². The van der Waals surface area contributed by atoms with Gasteiger partial charge in [-0.15, -0.1) is 0 Å². The number of aromatic hydroxyl groups is 1. The number of aliphatic carboxylic acids is 1. The topological polar surface area (TPSA) is 77.8 Å². The number of amides is 1. The molecule has 0 aliphatic carbocycles.